The quantitative estimate of drug-likeness (QED) is 0.629. The van der Waals surface area contributed by atoms with Crippen molar-refractivity contribution in [3.8, 4) is 0 Å². The van der Waals surface area contributed by atoms with Crippen LogP contribution in [0.25, 0.3) is 6.08 Å². The van der Waals surface area contributed by atoms with Crippen molar-refractivity contribution in [1.29, 1.82) is 0 Å². The van der Waals surface area contributed by atoms with Crippen LogP contribution in [-0.4, -0.2) is 31.7 Å². The zero-order chi connectivity index (χ0) is 15.5. The molecule has 1 aromatic heterocycles. The summed E-state index contributed by atoms with van der Waals surface area (Å²) in [5, 5.41) is 1.93. The standard InChI is InChI=1S/C13H16N2O4S2/c1-9-4-6-20-11(9)2-3-12(16)14-15-13(17)10-5-7-21(18,19)8-10/h2-4,6,10H,5,7-8H2,1H3,(H,14,16)(H,15,17)/b3-2+/t10-/m1/s1. The average molecular weight is 328 g/mol. The van der Waals surface area contributed by atoms with Gasteiger partial charge in [-0.1, -0.05) is 0 Å². The van der Waals surface area contributed by atoms with Crippen molar-refractivity contribution >= 4 is 39.1 Å². The molecule has 2 heterocycles. The first-order chi connectivity index (χ1) is 9.87. The van der Waals surface area contributed by atoms with Crippen LogP contribution in [0.1, 0.15) is 16.9 Å². The Bertz CT molecular complexity index is 676. The molecule has 1 fully saturated rings. The van der Waals surface area contributed by atoms with Gasteiger partial charge >= 0.3 is 0 Å². The summed E-state index contributed by atoms with van der Waals surface area (Å²) in [5.74, 6) is -1.64. The van der Waals surface area contributed by atoms with E-state index in [1.165, 1.54) is 17.4 Å². The van der Waals surface area contributed by atoms with Crippen molar-refractivity contribution in [2.75, 3.05) is 11.5 Å². The van der Waals surface area contributed by atoms with Crippen molar-refractivity contribution < 1.29 is 18.0 Å². The Morgan fingerprint density at radius 3 is 2.71 bits per heavy atom. The Morgan fingerprint density at radius 2 is 2.14 bits per heavy atom. The second-order valence-electron chi connectivity index (χ2n) is 4.88. The molecule has 1 aromatic rings. The molecule has 0 bridgehead atoms. The first kappa shape index (κ1) is 15.7. The molecule has 1 saturated heterocycles. The normalized spacial score (nSPS) is 20.5. The van der Waals surface area contributed by atoms with Gasteiger partial charge in [0.1, 0.15) is 0 Å². The van der Waals surface area contributed by atoms with Crippen LogP contribution < -0.4 is 10.9 Å². The molecule has 0 radical (unpaired) electrons. The highest BCUT2D eigenvalue weighted by atomic mass is 32.2. The molecule has 0 unspecified atom stereocenters. The fourth-order valence-corrected chi connectivity index (χ4v) is 4.54. The zero-order valence-electron chi connectivity index (χ0n) is 11.5. The van der Waals surface area contributed by atoms with Gasteiger partial charge in [0.25, 0.3) is 5.91 Å². The highest BCUT2D eigenvalue weighted by Gasteiger charge is 2.32. The number of amides is 2. The highest BCUT2D eigenvalue weighted by molar-refractivity contribution is 7.91. The molecule has 2 amide bonds. The monoisotopic (exact) mass is 328 g/mol. The molecule has 0 saturated carbocycles. The molecule has 0 spiro atoms. The molecular weight excluding hydrogens is 312 g/mol. The average Bonchev–Trinajstić information content (AvgIpc) is 2.99. The molecule has 2 N–H and O–H groups in total. The minimum absolute atomic E-state index is 0.0244. The maximum Gasteiger partial charge on any atom is 0.262 e. The largest absolute Gasteiger partial charge is 0.273 e. The highest BCUT2D eigenvalue weighted by Crippen LogP contribution is 2.18. The van der Waals surface area contributed by atoms with Crippen LogP contribution >= 0.6 is 11.3 Å². The van der Waals surface area contributed by atoms with E-state index in [9.17, 15) is 18.0 Å². The van der Waals surface area contributed by atoms with Crippen LogP contribution in [0, 0.1) is 12.8 Å². The fraction of sp³-hybridized carbons (Fsp3) is 0.385. The van der Waals surface area contributed by atoms with Gasteiger partial charge in [-0.3, -0.25) is 20.4 Å². The molecule has 1 aliphatic heterocycles. The number of carbonyl (C=O) groups excluding carboxylic acids is 2. The third-order valence-electron chi connectivity index (χ3n) is 3.20. The third-order valence-corrected chi connectivity index (χ3v) is 5.95. The number of nitrogens with one attached hydrogen (secondary N) is 2. The van der Waals surface area contributed by atoms with E-state index < -0.39 is 27.6 Å². The number of carbonyl (C=O) groups is 2. The maximum atomic E-state index is 11.7. The Kier molecular flexibility index (Phi) is 4.79. The number of aryl methyl sites for hydroxylation is 1. The molecule has 8 heteroatoms. The molecule has 0 aliphatic carbocycles. The van der Waals surface area contributed by atoms with Gasteiger partial charge in [0, 0.05) is 11.0 Å². The van der Waals surface area contributed by atoms with Gasteiger partial charge in [-0.25, -0.2) is 8.42 Å². The minimum atomic E-state index is -3.11. The maximum absolute atomic E-state index is 11.7. The van der Waals surface area contributed by atoms with E-state index in [-0.39, 0.29) is 11.5 Å². The molecule has 114 valence electrons. The summed E-state index contributed by atoms with van der Waals surface area (Å²) in [4.78, 5) is 24.3. The second-order valence-corrected chi connectivity index (χ2v) is 8.06. The first-order valence-corrected chi connectivity index (χ1v) is 9.10. The molecule has 1 atom stereocenters. The molecule has 6 nitrogen and oxygen atoms in total. The van der Waals surface area contributed by atoms with E-state index in [1.54, 1.807) is 6.08 Å². The van der Waals surface area contributed by atoms with Crippen LogP contribution in [0.2, 0.25) is 0 Å². The first-order valence-electron chi connectivity index (χ1n) is 6.40. The lowest BCUT2D eigenvalue weighted by Gasteiger charge is -2.09. The summed E-state index contributed by atoms with van der Waals surface area (Å²) in [7, 11) is -3.11. The number of thiophene rings is 1. The van der Waals surface area contributed by atoms with Gasteiger partial charge < -0.3 is 0 Å². The molecule has 21 heavy (non-hydrogen) atoms. The van der Waals surface area contributed by atoms with E-state index in [0.717, 1.165) is 10.4 Å². The summed E-state index contributed by atoms with van der Waals surface area (Å²) >= 11 is 1.52. The van der Waals surface area contributed by atoms with E-state index in [4.69, 9.17) is 0 Å². The van der Waals surface area contributed by atoms with Crippen LogP contribution in [0.3, 0.4) is 0 Å². The van der Waals surface area contributed by atoms with Crippen molar-refractivity contribution in [1.82, 2.24) is 10.9 Å². The third kappa shape index (κ3) is 4.40. The van der Waals surface area contributed by atoms with Gasteiger partial charge in [0.05, 0.1) is 17.4 Å². The Morgan fingerprint density at radius 1 is 1.38 bits per heavy atom. The van der Waals surface area contributed by atoms with Crippen LogP contribution in [0.4, 0.5) is 0 Å². The van der Waals surface area contributed by atoms with E-state index in [2.05, 4.69) is 10.9 Å². The molecule has 1 aliphatic rings. The Labute approximate surface area is 127 Å². The fourth-order valence-electron chi connectivity index (χ4n) is 1.98. The molecule has 2 rings (SSSR count). The van der Waals surface area contributed by atoms with Crippen LogP contribution in [0.5, 0.6) is 0 Å². The SMILES string of the molecule is Cc1ccsc1/C=C/C(=O)NNC(=O)[C@@H]1CCS(=O)(=O)C1. The topological polar surface area (TPSA) is 92.3 Å². The number of rotatable bonds is 3. The predicted molar refractivity (Wildman–Crippen MR) is 81.1 cm³/mol. The molecule has 0 aromatic carbocycles. The van der Waals surface area contributed by atoms with Gasteiger partial charge in [0.15, 0.2) is 9.84 Å². The Balaban J connectivity index is 1.80. The van der Waals surface area contributed by atoms with Gasteiger partial charge in [-0.15, -0.1) is 11.3 Å². The lowest BCUT2D eigenvalue weighted by atomic mass is 10.1. The zero-order valence-corrected chi connectivity index (χ0v) is 13.1. The van der Waals surface area contributed by atoms with E-state index in [0.29, 0.717) is 6.42 Å². The van der Waals surface area contributed by atoms with Gasteiger partial charge in [-0.05, 0) is 36.4 Å². The van der Waals surface area contributed by atoms with Crippen LogP contribution in [-0.2, 0) is 19.4 Å². The number of hydrazine groups is 1. The second kappa shape index (κ2) is 6.40. The molecular formula is C13H16N2O4S2. The van der Waals surface area contributed by atoms with Gasteiger partial charge in [0.2, 0.25) is 5.91 Å². The van der Waals surface area contributed by atoms with E-state index >= 15 is 0 Å². The van der Waals surface area contributed by atoms with E-state index in [1.807, 2.05) is 18.4 Å². The van der Waals surface area contributed by atoms with Crippen molar-refractivity contribution in [2.45, 2.75) is 13.3 Å². The predicted octanol–water partition coefficient (Wildman–Crippen LogP) is 0.652. The summed E-state index contributed by atoms with van der Waals surface area (Å²) < 4.78 is 22.5. The summed E-state index contributed by atoms with van der Waals surface area (Å²) in [6.07, 6.45) is 3.29. The smallest absolute Gasteiger partial charge is 0.262 e. The lowest BCUT2D eigenvalue weighted by Crippen LogP contribution is -2.44. The summed E-state index contributed by atoms with van der Waals surface area (Å²) in [5.41, 5.74) is 5.58. The number of hydrogen-bond acceptors (Lipinski definition) is 5. The van der Waals surface area contributed by atoms with Crippen LogP contribution in [0.15, 0.2) is 17.5 Å². The number of hydrogen-bond donors (Lipinski definition) is 2. The minimum Gasteiger partial charge on any atom is -0.273 e. The van der Waals surface area contributed by atoms with Crippen molar-refractivity contribution in [3.05, 3.63) is 28.0 Å². The summed E-state index contributed by atoms with van der Waals surface area (Å²) in [6, 6.07) is 1.95. The summed E-state index contributed by atoms with van der Waals surface area (Å²) in [6.45, 7) is 1.94. The Hall–Kier alpha value is -1.67. The van der Waals surface area contributed by atoms with Gasteiger partial charge in [-0.2, -0.15) is 0 Å². The van der Waals surface area contributed by atoms with Crippen molar-refractivity contribution in [3.63, 3.8) is 0 Å². The van der Waals surface area contributed by atoms with Crippen molar-refractivity contribution in [2.24, 2.45) is 5.92 Å². The number of sulfone groups is 1. The lowest BCUT2D eigenvalue weighted by molar-refractivity contribution is -0.129.